The molecule has 20 heavy (non-hydrogen) atoms. The van der Waals surface area contributed by atoms with Gasteiger partial charge in [0.2, 0.25) is 0 Å². The van der Waals surface area contributed by atoms with Crippen molar-refractivity contribution in [1.29, 1.82) is 0 Å². The van der Waals surface area contributed by atoms with Gasteiger partial charge in [-0.1, -0.05) is 38.2 Å². The SMILES string of the molecule is Cc1ccc(F)cc1CC(CCC1CCCCC1)NN. The minimum Gasteiger partial charge on any atom is -0.271 e. The molecule has 1 unspecified atom stereocenters. The Balaban J connectivity index is 1.86. The van der Waals surface area contributed by atoms with Crippen LogP contribution in [0.1, 0.15) is 56.1 Å². The van der Waals surface area contributed by atoms with Crippen molar-refractivity contribution >= 4 is 0 Å². The maximum absolute atomic E-state index is 13.3. The van der Waals surface area contributed by atoms with Gasteiger partial charge < -0.3 is 0 Å². The highest BCUT2D eigenvalue weighted by Gasteiger charge is 2.16. The molecule has 1 atom stereocenters. The Morgan fingerprint density at radius 2 is 2.05 bits per heavy atom. The van der Waals surface area contributed by atoms with E-state index in [0.29, 0.717) is 0 Å². The van der Waals surface area contributed by atoms with Crippen LogP contribution in [0.5, 0.6) is 0 Å². The van der Waals surface area contributed by atoms with Gasteiger partial charge in [-0.2, -0.15) is 0 Å². The van der Waals surface area contributed by atoms with Crippen LogP contribution in [0.25, 0.3) is 0 Å². The molecule has 0 bridgehead atoms. The number of hydrazine groups is 1. The molecule has 112 valence electrons. The van der Waals surface area contributed by atoms with Crippen LogP contribution in [0.15, 0.2) is 18.2 Å². The van der Waals surface area contributed by atoms with Crippen molar-refractivity contribution in [3.05, 3.63) is 35.1 Å². The zero-order valence-electron chi connectivity index (χ0n) is 12.5. The van der Waals surface area contributed by atoms with Gasteiger partial charge in [0.1, 0.15) is 5.82 Å². The summed E-state index contributed by atoms with van der Waals surface area (Å²) in [5.74, 6) is 6.39. The first-order chi connectivity index (χ1) is 9.69. The summed E-state index contributed by atoms with van der Waals surface area (Å²) in [6.07, 6.45) is 10.0. The van der Waals surface area contributed by atoms with E-state index in [1.165, 1.54) is 44.6 Å². The first-order valence-electron chi connectivity index (χ1n) is 7.90. The van der Waals surface area contributed by atoms with Crippen molar-refractivity contribution in [2.45, 2.75) is 64.3 Å². The summed E-state index contributed by atoms with van der Waals surface area (Å²) in [4.78, 5) is 0. The minimum absolute atomic E-state index is 0.159. The molecule has 1 saturated carbocycles. The number of aryl methyl sites for hydroxylation is 1. The zero-order chi connectivity index (χ0) is 14.4. The molecule has 0 aliphatic heterocycles. The highest BCUT2D eigenvalue weighted by Crippen LogP contribution is 2.28. The van der Waals surface area contributed by atoms with E-state index in [0.717, 1.165) is 29.9 Å². The summed E-state index contributed by atoms with van der Waals surface area (Å²) in [6, 6.07) is 5.25. The van der Waals surface area contributed by atoms with E-state index < -0.39 is 0 Å². The Labute approximate surface area is 121 Å². The molecule has 1 aliphatic carbocycles. The predicted octanol–water partition coefficient (Wildman–Crippen LogP) is 3.87. The van der Waals surface area contributed by atoms with Gasteiger partial charge in [-0.25, -0.2) is 4.39 Å². The molecule has 0 radical (unpaired) electrons. The molecule has 2 nitrogen and oxygen atoms in total. The van der Waals surface area contributed by atoms with E-state index in [1.54, 1.807) is 6.07 Å². The lowest BCUT2D eigenvalue weighted by atomic mass is 9.84. The third kappa shape index (κ3) is 4.57. The number of hydrogen-bond acceptors (Lipinski definition) is 2. The van der Waals surface area contributed by atoms with E-state index in [9.17, 15) is 4.39 Å². The smallest absolute Gasteiger partial charge is 0.123 e. The molecule has 0 aromatic heterocycles. The molecule has 1 fully saturated rings. The Morgan fingerprint density at radius 3 is 2.75 bits per heavy atom. The fraction of sp³-hybridized carbons (Fsp3) is 0.647. The lowest BCUT2D eigenvalue weighted by Gasteiger charge is -2.24. The van der Waals surface area contributed by atoms with Gasteiger partial charge >= 0.3 is 0 Å². The van der Waals surface area contributed by atoms with Crippen LogP contribution in [-0.2, 0) is 6.42 Å². The van der Waals surface area contributed by atoms with Crippen LogP contribution >= 0.6 is 0 Å². The second-order valence-electron chi connectivity index (χ2n) is 6.22. The van der Waals surface area contributed by atoms with Crippen LogP contribution in [-0.4, -0.2) is 6.04 Å². The summed E-state index contributed by atoms with van der Waals surface area (Å²) in [6.45, 7) is 2.03. The predicted molar refractivity (Wildman–Crippen MR) is 81.8 cm³/mol. The molecule has 3 N–H and O–H groups in total. The zero-order valence-corrected chi connectivity index (χ0v) is 12.5. The molecular formula is C17H27FN2. The number of rotatable bonds is 6. The minimum atomic E-state index is -0.159. The van der Waals surface area contributed by atoms with Gasteiger partial charge in [-0.05, 0) is 55.4 Å². The number of hydrogen-bond donors (Lipinski definition) is 2. The summed E-state index contributed by atoms with van der Waals surface area (Å²) < 4.78 is 13.3. The summed E-state index contributed by atoms with van der Waals surface area (Å²) in [5.41, 5.74) is 5.12. The van der Waals surface area contributed by atoms with Crippen LogP contribution in [0.2, 0.25) is 0 Å². The average Bonchev–Trinajstić information content (AvgIpc) is 2.48. The van der Waals surface area contributed by atoms with E-state index in [-0.39, 0.29) is 11.9 Å². The maximum atomic E-state index is 13.3. The number of benzene rings is 1. The molecule has 0 amide bonds. The monoisotopic (exact) mass is 278 g/mol. The van der Waals surface area contributed by atoms with E-state index in [2.05, 4.69) is 5.43 Å². The lowest BCUT2D eigenvalue weighted by molar-refractivity contribution is 0.313. The normalized spacial score (nSPS) is 18.1. The first-order valence-corrected chi connectivity index (χ1v) is 7.90. The molecule has 0 heterocycles. The second kappa shape index (κ2) is 7.75. The number of halogens is 1. The van der Waals surface area contributed by atoms with Crippen LogP contribution in [0, 0.1) is 18.7 Å². The molecule has 0 spiro atoms. The third-order valence-electron chi connectivity index (χ3n) is 4.66. The van der Waals surface area contributed by atoms with E-state index in [4.69, 9.17) is 5.84 Å². The van der Waals surface area contributed by atoms with Crippen molar-refractivity contribution in [1.82, 2.24) is 5.43 Å². The third-order valence-corrected chi connectivity index (χ3v) is 4.66. The van der Waals surface area contributed by atoms with Crippen molar-refractivity contribution in [2.24, 2.45) is 11.8 Å². The lowest BCUT2D eigenvalue weighted by Crippen LogP contribution is -2.37. The molecule has 2 rings (SSSR count). The van der Waals surface area contributed by atoms with Crippen LogP contribution in [0.3, 0.4) is 0 Å². The number of nitrogens with one attached hydrogen (secondary N) is 1. The Kier molecular flexibility index (Phi) is 5.99. The standard InChI is InChI=1S/C17H27FN2/c1-13-7-9-16(18)11-15(13)12-17(20-19)10-8-14-5-3-2-4-6-14/h7,9,11,14,17,20H,2-6,8,10,12,19H2,1H3. The first kappa shape index (κ1) is 15.5. The Bertz CT molecular complexity index is 413. The summed E-state index contributed by atoms with van der Waals surface area (Å²) in [7, 11) is 0. The van der Waals surface area contributed by atoms with E-state index in [1.807, 2.05) is 13.0 Å². The Morgan fingerprint density at radius 1 is 1.30 bits per heavy atom. The summed E-state index contributed by atoms with van der Waals surface area (Å²) in [5, 5.41) is 0. The topological polar surface area (TPSA) is 38.0 Å². The molecule has 3 heteroatoms. The molecular weight excluding hydrogens is 251 g/mol. The molecule has 0 saturated heterocycles. The fourth-order valence-corrected chi connectivity index (χ4v) is 3.28. The molecule has 1 aromatic carbocycles. The van der Waals surface area contributed by atoms with Crippen molar-refractivity contribution in [3.8, 4) is 0 Å². The maximum Gasteiger partial charge on any atom is 0.123 e. The Hall–Kier alpha value is -0.930. The second-order valence-corrected chi connectivity index (χ2v) is 6.22. The van der Waals surface area contributed by atoms with Crippen molar-refractivity contribution in [3.63, 3.8) is 0 Å². The van der Waals surface area contributed by atoms with Gasteiger partial charge in [0.15, 0.2) is 0 Å². The quantitative estimate of drug-likeness (QED) is 0.612. The number of nitrogens with two attached hydrogens (primary N) is 1. The van der Waals surface area contributed by atoms with E-state index >= 15 is 0 Å². The summed E-state index contributed by atoms with van der Waals surface area (Å²) >= 11 is 0. The molecule has 1 aromatic rings. The molecule has 1 aliphatic rings. The van der Waals surface area contributed by atoms with Gasteiger partial charge in [0.05, 0.1) is 0 Å². The van der Waals surface area contributed by atoms with Crippen LogP contribution < -0.4 is 11.3 Å². The van der Waals surface area contributed by atoms with Crippen molar-refractivity contribution < 1.29 is 4.39 Å². The van der Waals surface area contributed by atoms with Gasteiger partial charge in [0, 0.05) is 6.04 Å². The van der Waals surface area contributed by atoms with Gasteiger partial charge in [-0.3, -0.25) is 11.3 Å². The average molecular weight is 278 g/mol. The van der Waals surface area contributed by atoms with Gasteiger partial charge in [0.25, 0.3) is 0 Å². The highest BCUT2D eigenvalue weighted by atomic mass is 19.1. The van der Waals surface area contributed by atoms with Crippen LogP contribution in [0.4, 0.5) is 4.39 Å². The largest absolute Gasteiger partial charge is 0.271 e. The highest BCUT2D eigenvalue weighted by molar-refractivity contribution is 5.27. The fourth-order valence-electron chi connectivity index (χ4n) is 3.28. The van der Waals surface area contributed by atoms with Gasteiger partial charge in [-0.15, -0.1) is 0 Å². The van der Waals surface area contributed by atoms with Crippen molar-refractivity contribution in [2.75, 3.05) is 0 Å².